The van der Waals surface area contributed by atoms with Crippen LogP contribution in [0, 0.1) is 11.3 Å². The van der Waals surface area contributed by atoms with Gasteiger partial charge in [-0.2, -0.15) is 5.26 Å². The average molecular weight is 448 g/mol. The Kier molecular flexibility index (Phi) is 33.4. The van der Waals surface area contributed by atoms with Crippen LogP contribution >= 0.6 is 17.7 Å². The topological polar surface area (TPSA) is 76.9 Å². The number of guanidine groups is 2. The van der Waals surface area contributed by atoms with E-state index in [1.807, 2.05) is 84.6 Å². The van der Waals surface area contributed by atoms with Crippen molar-refractivity contribution in [2.45, 2.75) is 6.92 Å². The third-order valence-electron chi connectivity index (χ3n) is 2.40. The van der Waals surface area contributed by atoms with Gasteiger partial charge < -0.3 is 17.7 Å². The van der Waals surface area contributed by atoms with Crippen LogP contribution in [0.15, 0.2) is 0 Å². The first-order valence-electron chi connectivity index (χ1n) is 8.29. The molecular weight excluding hydrogens is 408 g/mol. The minimum Gasteiger partial charge on any atom is -0.623 e. The standard InChI is InChI=1S/2C7H18N3.C2H3N.2COP/c2*1-8(2)7(9(3)4)10(5)6;1-2-3;2*2-1-3/h2*1-6H3;1H3;;/q2*+1;;2*-1. The first kappa shape index (κ1) is 37.5. The van der Waals surface area contributed by atoms with Crippen LogP contribution in [0.3, 0.4) is 0 Å². The van der Waals surface area contributed by atoms with Crippen LogP contribution in [-0.2, 0) is 9.59 Å². The van der Waals surface area contributed by atoms with Gasteiger partial charge in [0, 0.05) is 6.92 Å². The van der Waals surface area contributed by atoms with Crippen LogP contribution in [0.2, 0.25) is 0 Å². The lowest BCUT2D eigenvalue weighted by atomic mass is 10.7. The molecule has 0 rings (SSSR count). The van der Waals surface area contributed by atoms with Crippen molar-refractivity contribution in [1.29, 1.82) is 5.26 Å². The van der Waals surface area contributed by atoms with Crippen LogP contribution in [0.1, 0.15) is 6.92 Å². The molecular formula is C18H39N7O2P2. The molecule has 0 aromatic rings. The molecule has 0 aliphatic rings. The molecule has 9 nitrogen and oxygen atoms in total. The Morgan fingerprint density at radius 1 is 0.655 bits per heavy atom. The van der Waals surface area contributed by atoms with Crippen LogP contribution in [0.5, 0.6) is 0 Å². The van der Waals surface area contributed by atoms with Crippen molar-refractivity contribution >= 4 is 41.0 Å². The fraction of sp³-hybridized carbons (Fsp3) is 0.722. The van der Waals surface area contributed by atoms with E-state index < -0.39 is 0 Å². The zero-order valence-electron chi connectivity index (χ0n) is 20.3. The monoisotopic (exact) mass is 447 g/mol. The second-order valence-electron chi connectivity index (χ2n) is 6.37. The van der Waals surface area contributed by atoms with E-state index in [1.54, 1.807) is 6.07 Å². The fourth-order valence-electron chi connectivity index (χ4n) is 2.40. The molecule has 0 heterocycles. The van der Waals surface area contributed by atoms with E-state index in [0.717, 1.165) is 0 Å². The van der Waals surface area contributed by atoms with Gasteiger partial charge in [0.2, 0.25) is 0 Å². The molecule has 0 unspecified atom stereocenters. The number of carbonyl (C=O) groups excluding carboxylic acids is 2. The van der Waals surface area contributed by atoms with Gasteiger partial charge in [-0.15, -0.1) is 11.3 Å². The quantitative estimate of drug-likeness (QED) is 0.237. The van der Waals surface area contributed by atoms with Gasteiger partial charge >= 0.3 is 11.9 Å². The zero-order valence-corrected chi connectivity index (χ0v) is 22.1. The lowest BCUT2D eigenvalue weighted by molar-refractivity contribution is -0.475. The van der Waals surface area contributed by atoms with Gasteiger partial charge in [0.25, 0.3) is 0 Å². The molecule has 0 fully saturated rings. The number of nitriles is 1. The summed E-state index contributed by atoms with van der Waals surface area (Å²) >= 11 is 0. The summed E-state index contributed by atoms with van der Waals surface area (Å²) in [5, 5.41) is 7.32. The maximum Gasteiger partial charge on any atom is 0.349 e. The smallest absolute Gasteiger partial charge is 0.349 e. The largest absolute Gasteiger partial charge is 0.623 e. The van der Waals surface area contributed by atoms with E-state index in [4.69, 9.17) is 14.9 Å². The molecule has 0 aromatic carbocycles. The summed E-state index contributed by atoms with van der Waals surface area (Å²) < 4.78 is 4.17. The van der Waals surface area contributed by atoms with Gasteiger partial charge in [0.05, 0.1) is 90.6 Å². The number of hydrogen-bond acceptors (Lipinski definition) is 3. The first-order chi connectivity index (χ1) is 13.2. The minimum atomic E-state index is 1.19. The SMILES string of the molecule is CC#N.CN(C)C(N(C)C)=[N+](C)C.CN(C)C(N(C)C)=[N+](C)C.O=C=[P-].O=C=[P-]. The number of rotatable bonds is 0. The molecule has 0 amide bonds. The summed E-state index contributed by atoms with van der Waals surface area (Å²) in [6.07, 6.45) is 0. The van der Waals surface area contributed by atoms with Gasteiger partial charge in [0.15, 0.2) is 0 Å². The van der Waals surface area contributed by atoms with E-state index in [1.165, 1.54) is 30.2 Å². The first-order valence-corrected chi connectivity index (χ1v) is 9.18. The highest BCUT2D eigenvalue weighted by atomic mass is 31.0. The molecule has 0 spiro atoms. The van der Waals surface area contributed by atoms with Gasteiger partial charge in [-0.25, -0.2) is 0 Å². The Bertz CT molecular complexity index is 508. The lowest BCUT2D eigenvalue weighted by Crippen LogP contribution is -2.40. The van der Waals surface area contributed by atoms with Crippen molar-refractivity contribution in [3.05, 3.63) is 0 Å². The summed E-state index contributed by atoms with van der Waals surface area (Å²) in [6.45, 7) is 1.43. The van der Waals surface area contributed by atoms with Crippen molar-refractivity contribution < 1.29 is 18.7 Å². The van der Waals surface area contributed by atoms with Crippen LogP contribution in [-0.4, -0.2) is 137 Å². The minimum absolute atomic E-state index is 1.19. The van der Waals surface area contributed by atoms with Gasteiger partial charge in [-0.1, -0.05) is 0 Å². The van der Waals surface area contributed by atoms with Gasteiger partial charge in [-0.05, 0) is 0 Å². The molecule has 29 heavy (non-hydrogen) atoms. The van der Waals surface area contributed by atoms with E-state index in [9.17, 15) is 0 Å². The summed E-state index contributed by atoms with van der Waals surface area (Å²) in [6, 6.07) is 1.75. The molecule has 11 heteroatoms. The summed E-state index contributed by atoms with van der Waals surface area (Å²) in [7, 11) is 30.4. The van der Waals surface area contributed by atoms with Gasteiger partial charge in [-0.3, -0.25) is 38.3 Å². The summed E-state index contributed by atoms with van der Waals surface area (Å²) in [4.78, 5) is 25.4. The second kappa shape index (κ2) is 25.8. The highest BCUT2D eigenvalue weighted by Crippen LogP contribution is 1.85. The van der Waals surface area contributed by atoms with Crippen LogP contribution in [0.4, 0.5) is 0 Å². The number of hydrogen-bond donors (Lipinski definition) is 0. The highest BCUT2D eigenvalue weighted by Gasteiger charge is 2.13. The van der Waals surface area contributed by atoms with E-state index in [-0.39, 0.29) is 0 Å². The van der Waals surface area contributed by atoms with Crippen molar-refractivity contribution in [3.63, 3.8) is 0 Å². The molecule has 0 atom stereocenters. The Hall–Kier alpha value is -2.21. The molecule has 0 saturated heterocycles. The zero-order chi connectivity index (χ0) is 24.7. The molecule has 0 aromatic heterocycles. The Labute approximate surface area is 182 Å². The van der Waals surface area contributed by atoms with E-state index in [2.05, 4.69) is 46.5 Å². The molecule has 0 N–H and O–H groups in total. The summed E-state index contributed by atoms with van der Waals surface area (Å²) in [5.41, 5.74) is 2.39. The predicted molar refractivity (Wildman–Crippen MR) is 125 cm³/mol. The van der Waals surface area contributed by atoms with E-state index >= 15 is 0 Å². The molecule has 0 saturated carbocycles. The Balaban J connectivity index is -0.0000000943. The van der Waals surface area contributed by atoms with Crippen molar-refractivity contribution in [2.24, 2.45) is 0 Å². The summed E-state index contributed by atoms with van der Waals surface area (Å²) in [5.74, 6) is 2.39. The van der Waals surface area contributed by atoms with Crippen LogP contribution in [0.25, 0.3) is 0 Å². The predicted octanol–water partition coefficient (Wildman–Crippen LogP) is 0.933. The molecule has 0 aliphatic carbocycles. The Morgan fingerprint density at radius 3 is 0.759 bits per heavy atom. The average Bonchev–Trinajstić information content (AvgIpc) is 2.47. The third kappa shape index (κ3) is 30.7. The van der Waals surface area contributed by atoms with Crippen molar-refractivity contribution in [1.82, 2.24) is 19.6 Å². The fourth-order valence-corrected chi connectivity index (χ4v) is 2.40. The number of nitrogens with zero attached hydrogens (tertiary/aromatic N) is 7. The molecule has 168 valence electrons. The van der Waals surface area contributed by atoms with Gasteiger partial charge in [0.1, 0.15) is 0 Å². The maximum absolute atomic E-state index is 8.54. The molecule has 0 aliphatic heterocycles. The maximum atomic E-state index is 8.54. The molecule has 0 bridgehead atoms. The normalized spacial score (nSPS) is 7.03. The third-order valence-corrected chi connectivity index (χ3v) is 2.40. The van der Waals surface area contributed by atoms with Crippen LogP contribution < -0.4 is 0 Å². The van der Waals surface area contributed by atoms with E-state index in [0.29, 0.717) is 0 Å². The van der Waals surface area contributed by atoms with Crippen molar-refractivity contribution in [3.8, 4) is 6.07 Å². The lowest BCUT2D eigenvalue weighted by Gasteiger charge is -2.16. The Morgan fingerprint density at radius 2 is 0.759 bits per heavy atom. The molecule has 0 radical (unpaired) electrons. The van der Waals surface area contributed by atoms with Crippen molar-refractivity contribution in [2.75, 3.05) is 84.6 Å². The second-order valence-corrected chi connectivity index (χ2v) is 6.74. The highest BCUT2D eigenvalue weighted by molar-refractivity contribution is 7.16.